The van der Waals surface area contributed by atoms with Crippen LogP contribution in [-0.2, 0) is 28.7 Å². The summed E-state index contributed by atoms with van der Waals surface area (Å²) in [5.74, 6) is 0.198. The molecule has 2 aromatic carbocycles. The Balaban J connectivity index is 0.00000464. The van der Waals surface area contributed by atoms with Gasteiger partial charge in [0.2, 0.25) is 0 Å². The van der Waals surface area contributed by atoms with Crippen LogP contribution >= 0.6 is 0 Å². The van der Waals surface area contributed by atoms with Gasteiger partial charge in [0, 0.05) is 17.5 Å². The van der Waals surface area contributed by atoms with Crippen molar-refractivity contribution in [3.63, 3.8) is 0 Å². The van der Waals surface area contributed by atoms with E-state index >= 15 is 0 Å². The molecule has 1 heterocycles. The van der Waals surface area contributed by atoms with Gasteiger partial charge >= 0.3 is 41.5 Å². The van der Waals surface area contributed by atoms with Crippen molar-refractivity contribution < 1.29 is 63.4 Å². The van der Waals surface area contributed by atoms with E-state index in [1.165, 1.54) is 6.08 Å². The fourth-order valence-corrected chi connectivity index (χ4v) is 11.9. The Labute approximate surface area is 331 Å². The molecular weight excluding hydrogens is 665 g/mol. The summed E-state index contributed by atoms with van der Waals surface area (Å²) in [5.41, 5.74) is 1.77. The number of ether oxygens (including phenoxy) is 2. The molecule has 4 aliphatic carbocycles. The predicted octanol–water partition coefficient (Wildman–Crippen LogP) is 4.24. The number of hydrogen-bond acceptors (Lipinski definition) is 8. The number of rotatable bonds is 10. The monoisotopic (exact) mass is 719 g/mol. The molecule has 0 bridgehead atoms. The van der Waals surface area contributed by atoms with Crippen LogP contribution < -0.4 is 39.7 Å². The van der Waals surface area contributed by atoms with Crippen molar-refractivity contribution >= 4 is 23.6 Å². The molecule has 274 valence electrons. The number of aliphatic carboxylic acids is 1. The van der Waals surface area contributed by atoms with E-state index in [1.54, 1.807) is 0 Å². The zero-order chi connectivity index (χ0) is 35.9. The zero-order valence-corrected chi connectivity index (χ0v) is 33.4. The molecule has 2 aromatic rings. The summed E-state index contributed by atoms with van der Waals surface area (Å²) in [6.45, 7) is 10.9. The first-order valence-corrected chi connectivity index (χ1v) is 19.3. The van der Waals surface area contributed by atoms with Crippen molar-refractivity contribution in [2.75, 3.05) is 11.7 Å². The summed E-state index contributed by atoms with van der Waals surface area (Å²) in [7, 11) is 0. The van der Waals surface area contributed by atoms with Crippen LogP contribution in [0.2, 0.25) is 0 Å². The van der Waals surface area contributed by atoms with E-state index in [4.69, 9.17) is 14.3 Å². The number of para-hydroxylation sites is 1. The Kier molecular flexibility index (Phi) is 12.0. The first-order chi connectivity index (χ1) is 24.5. The Morgan fingerprint density at radius 1 is 0.962 bits per heavy atom. The maximum atomic E-state index is 14.0. The van der Waals surface area contributed by atoms with E-state index in [0.717, 1.165) is 62.6 Å². The van der Waals surface area contributed by atoms with E-state index in [9.17, 15) is 19.5 Å². The van der Waals surface area contributed by atoms with Gasteiger partial charge in [0.05, 0.1) is 18.3 Å². The maximum Gasteiger partial charge on any atom is 1.00 e. The molecule has 0 spiro atoms. The standard InChI is InChI=1S/C43H55NO7.Na/c1-5-39(47)51-37-25-36-32(35-20-19-34(43(35,37)4)27(2)16-21-38(45)46)18-17-29-24-31(22-23-42(29,36)3)50-41(48)33-26-49-44(30-14-10-7-11-15-30)40(33)28-12-8-6-9-13-28;/h5-15,27,29,31-37,40H,1,16-26H2,2-4H3,(H,45,46);/q;+1/p-1/t27-,29-,31-,32+,33+,34-,35+,36+,37+,40-,42+,43-;/m1./s1. The first kappa shape index (κ1) is 39.1. The summed E-state index contributed by atoms with van der Waals surface area (Å²) >= 11 is 0. The van der Waals surface area contributed by atoms with Gasteiger partial charge in [-0.05, 0) is 123 Å². The van der Waals surface area contributed by atoms with Gasteiger partial charge in [-0.3, -0.25) is 9.63 Å². The fourth-order valence-electron chi connectivity index (χ4n) is 11.9. The summed E-state index contributed by atoms with van der Waals surface area (Å²) in [6, 6.07) is 19.7. The third-order valence-electron chi connectivity index (χ3n) is 14.4. The normalized spacial score (nSPS) is 37.0. The smallest absolute Gasteiger partial charge is 0.550 e. The second-order valence-electron chi connectivity index (χ2n) is 16.7. The molecule has 8 nitrogen and oxygen atoms in total. The minimum Gasteiger partial charge on any atom is -0.550 e. The molecule has 5 aliphatic rings. The quantitative estimate of drug-likeness (QED) is 0.204. The van der Waals surface area contributed by atoms with E-state index in [1.807, 2.05) is 53.6 Å². The van der Waals surface area contributed by atoms with Crippen LogP contribution in [0.15, 0.2) is 73.3 Å². The van der Waals surface area contributed by atoms with Crippen LogP contribution in [0.4, 0.5) is 5.69 Å². The molecule has 7 rings (SSSR count). The topological polar surface area (TPSA) is 105 Å². The molecule has 0 amide bonds. The molecule has 1 aliphatic heterocycles. The van der Waals surface area contributed by atoms with Gasteiger partial charge in [-0.2, -0.15) is 0 Å². The average molecular weight is 720 g/mol. The molecule has 12 atom stereocenters. The van der Waals surface area contributed by atoms with Gasteiger partial charge in [0.15, 0.2) is 0 Å². The maximum absolute atomic E-state index is 14.0. The van der Waals surface area contributed by atoms with Crippen molar-refractivity contribution in [1.29, 1.82) is 0 Å². The van der Waals surface area contributed by atoms with Crippen molar-refractivity contribution in [2.45, 2.75) is 103 Å². The summed E-state index contributed by atoms with van der Waals surface area (Å²) in [6.07, 6.45) is 9.27. The van der Waals surface area contributed by atoms with E-state index in [-0.39, 0.29) is 95.4 Å². The second-order valence-corrected chi connectivity index (χ2v) is 16.7. The number of nitrogens with zero attached hydrogens (tertiary/aromatic N) is 1. The minimum atomic E-state index is -1.01. The largest absolute Gasteiger partial charge is 1.00 e. The van der Waals surface area contributed by atoms with Crippen molar-refractivity contribution in [2.24, 2.45) is 52.3 Å². The third kappa shape index (κ3) is 7.14. The number of fused-ring (bicyclic) bond motifs is 5. The first-order valence-electron chi connectivity index (χ1n) is 19.3. The molecule has 9 heteroatoms. The van der Waals surface area contributed by atoms with Crippen LogP contribution in [0.1, 0.15) is 96.6 Å². The van der Waals surface area contributed by atoms with Gasteiger partial charge in [-0.1, -0.05) is 75.9 Å². The number of esters is 2. The fraction of sp³-hybridized carbons (Fsp3) is 0.605. The Morgan fingerprint density at radius 2 is 1.67 bits per heavy atom. The molecule has 0 radical (unpaired) electrons. The van der Waals surface area contributed by atoms with Crippen molar-refractivity contribution in [1.82, 2.24) is 0 Å². The number of hydrogen-bond donors (Lipinski definition) is 0. The van der Waals surface area contributed by atoms with Crippen LogP contribution in [0.25, 0.3) is 0 Å². The SMILES string of the molecule is C=CC(=O)O[C@H]1C[C@H]2[C@@H](CC[C@@H]3C[C@H](OC(=O)[C@H]4CON(c5ccccc5)[C@@H]4c4ccccc4)CC[C@@]32C)[C@@H]2CC[C@H]([C@H](C)CCC(=O)[O-])[C@@]12C.[Na+]. The van der Waals surface area contributed by atoms with Crippen LogP contribution in [0, 0.1) is 52.3 Å². The van der Waals surface area contributed by atoms with Crippen molar-refractivity contribution in [3.05, 3.63) is 78.9 Å². The molecule has 52 heavy (non-hydrogen) atoms. The number of carbonyl (C=O) groups is 3. The van der Waals surface area contributed by atoms with Gasteiger partial charge in [-0.15, -0.1) is 0 Å². The van der Waals surface area contributed by atoms with Crippen LogP contribution in [-0.4, -0.2) is 36.7 Å². The van der Waals surface area contributed by atoms with E-state index in [2.05, 4.69) is 39.5 Å². The third-order valence-corrected chi connectivity index (χ3v) is 14.4. The van der Waals surface area contributed by atoms with Crippen molar-refractivity contribution in [3.8, 4) is 0 Å². The average Bonchev–Trinajstić information content (AvgIpc) is 3.74. The molecule has 1 saturated heterocycles. The molecule has 4 saturated carbocycles. The molecular formula is C43H54NNaO7. The predicted molar refractivity (Wildman–Crippen MR) is 192 cm³/mol. The number of carboxylic acid groups (broad SMARTS) is 1. The molecule has 0 aromatic heterocycles. The molecule has 5 fully saturated rings. The van der Waals surface area contributed by atoms with Gasteiger partial charge in [0.1, 0.15) is 18.1 Å². The molecule has 0 N–H and O–H groups in total. The summed E-state index contributed by atoms with van der Waals surface area (Å²) in [5, 5.41) is 13.2. The number of carboxylic acids is 1. The van der Waals surface area contributed by atoms with E-state index < -0.39 is 11.9 Å². The number of benzene rings is 2. The van der Waals surface area contributed by atoms with Gasteiger partial charge in [-0.25, -0.2) is 9.86 Å². The second kappa shape index (κ2) is 16.0. The summed E-state index contributed by atoms with van der Waals surface area (Å²) < 4.78 is 12.7. The van der Waals surface area contributed by atoms with Crippen LogP contribution in [0.3, 0.4) is 0 Å². The van der Waals surface area contributed by atoms with E-state index in [0.29, 0.717) is 30.1 Å². The Morgan fingerprint density at radius 3 is 2.37 bits per heavy atom. The van der Waals surface area contributed by atoms with Gasteiger partial charge < -0.3 is 19.4 Å². The minimum absolute atomic E-state index is 0. The molecule has 0 unspecified atom stereocenters. The zero-order valence-electron chi connectivity index (χ0n) is 31.4. The van der Waals surface area contributed by atoms with Gasteiger partial charge in [0.25, 0.3) is 0 Å². The summed E-state index contributed by atoms with van der Waals surface area (Å²) in [4.78, 5) is 44.4. The number of carbonyl (C=O) groups excluding carboxylic acids is 3. The van der Waals surface area contributed by atoms with Crippen LogP contribution in [0.5, 0.6) is 0 Å². The number of anilines is 1. The number of hydroxylamine groups is 1. The Hall–Kier alpha value is -2.65. The Bertz CT molecular complexity index is 1590.